The lowest BCUT2D eigenvalue weighted by Crippen LogP contribution is -2.12. The Kier molecular flexibility index (Phi) is 3.15. The maximum atomic E-state index is 11.3. The molecule has 1 aromatic carbocycles. The predicted molar refractivity (Wildman–Crippen MR) is 66.6 cm³/mol. The Hall–Kier alpha value is -1.81. The van der Waals surface area contributed by atoms with Crippen LogP contribution < -0.4 is 10.4 Å². The van der Waals surface area contributed by atoms with Gasteiger partial charge in [-0.25, -0.2) is 4.79 Å². The molecule has 2 rings (SSSR count). The first-order valence-electron chi connectivity index (χ1n) is 5.02. The number of hydrogen-bond acceptors (Lipinski definition) is 3. The van der Waals surface area contributed by atoms with Gasteiger partial charge in [-0.15, -0.1) is 0 Å². The third-order valence-electron chi connectivity index (χ3n) is 2.32. The van der Waals surface area contributed by atoms with Crippen LogP contribution in [0.5, 0.6) is 5.75 Å². The van der Waals surface area contributed by atoms with Crippen LogP contribution in [0.15, 0.2) is 29.1 Å². The monoisotopic (exact) mass is 250 g/mol. The Bertz CT molecular complexity index is 608. The van der Waals surface area contributed by atoms with Crippen molar-refractivity contribution in [3.8, 4) is 17.0 Å². The molecule has 0 saturated heterocycles. The van der Waals surface area contributed by atoms with Gasteiger partial charge in [-0.1, -0.05) is 11.6 Å². The molecule has 0 spiro atoms. The summed E-state index contributed by atoms with van der Waals surface area (Å²) in [7, 11) is 1.56. The summed E-state index contributed by atoms with van der Waals surface area (Å²) in [5.74, 6) is 0.631. The summed E-state index contributed by atoms with van der Waals surface area (Å²) in [6, 6.07) is 6.97. The molecule has 0 saturated carbocycles. The van der Waals surface area contributed by atoms with Crippen molar-refractivity contribution < 1.29 is 4.74 Å². The van der Waals surface area contributed by atoms with E-state index in [0.717, 1.165) is 5.69 Å². The van der Waals surface area contributed by atoms with Gasteiger partial charge in [0.2, 0.25) is 0 Å². The van der Waals surface area contributed by atoms with Crippen LogP contribution in [-0.4, -0.2) is 17.1 Å². The maximum Gasteiger partial charge on any atom is 0.345 e. The Morgan fingerprint density at radius 2 is 2.12 bits per heavy atom. The largest absolute Gasteiger partial charge is 0.496 e. The SMILES string of the molecule is COc1ccc(Cl)cc1-c1cc(C)[nH]c(=O)n1. The van der Waals surface area contributed by atoms with Crippen molar-refractivity contribution in [1.29, 1.82) is 0 Å². The minimum Gasteiger partial charge on any atom is -0.496 e. The number of nitrogens with one attached hydrogen (secondary N) is 1. The number of methoxy groups -OCH3 is 1. The van der Waals surface area contributed by atoms with Gasteiger partial charge in [-0.2, -0.15) is 4.98 Å². The van der Waals surface area contributed by atoms with E-state index in [-0.39, 0.29) is 5.69 Å². The third-order valence-corrected chi connectivity index (χ3v) is 2.55. The van der Waals surface area contributed by atoms with Crippen molar-refractivity contribution in [2.24, 2.45) is 0 Å². The summed E-state index contributed by atoms with van der Waals surface area (Å²) in [5, 5.41) is 0.570. The molecule has 4 nitrogen and oxygen atoms in total. The highest BCUT2D eigenvalue weighted by atomic mass is 35.5. The smallest absolute Gasteiger partial charge is 0.345 e. The molecule has 5 heteroatoms. The van der Waals surface area contributed by atoms with E-state index in [0.29, 0.717) is 22.0 Å². The highest BCUT2D eigenvalue weighted by Crippen LogP contribution is 2.30. The molecule has 0 radical (unpaired) electrons. The van der Waals surface area contributed by atoms with Crippen LogP contribution in [0.4, 0.5) is 0 Å². The minimum absolute atomic E-state index is 0.387. The number of benzene rings is 1. The van der Waals surface area contributed by atoms with E-state index in [9.17, 15) is 4.79 Å². The lowest BCUT2D eigenvalue weighted by Gasteiger charge is -2.08. The molecule has 88 valence electrons. The average Bonchev–Trinajstić information content (AvgIpc) is 2.27. The van der Waals surface area contributed by atoms with E-state index in [1.54, 1.807) is 38.3 Å². The van der Waals surface area contributed by atoms with Gasteiger partial charge < -0.3 is 9.72 Å². The fourth-order valence-electron chi connectivity index (χ4n) is 1.60. The van der Waals surface area contributed by atoms with Crippen molar-refractivity contribution in [3.63, 3.8) is 0 Å². The molecule has 0 bridgehead atoms. The molecular weight excluding hydrogens is 240 g/mol. The summed E-state index contributed by atoms with van der Waals surface area (Å²) in [6.45, 7) is 1.80. The molecule has 1 N–H and O–H groups in total. The number of aromatic nitrogens is 2. The average molecular weight is 251 g/mol. The first kappa shape index (κ1) is 11.7. The second kappa shape index (κ2) is 4.59. The van der Waals surface area contributed by atoms with Crippen molar-refractivity contribution in [2.45, 2.75) is 6.92 Å². The molecule has 0 fully saturated rings. The standard InChI is InChI=1S/C12H11ClN2O2/c1-7-5-10(15-12(16)14-7)9-6-8(13)3-4-11(9)17-2/h3-6H,1-2H3,(H,14,15,16). The molecule has 0 unspecified atom stereocenters. The fourth-order valence-corrected chi connectivity index (χ4v) is 1.77. The summed E-state index contributed by atoms with van der Waals surface area (Å²) >= 11 is 5.93. The summed E-state index contributed by atoms with van der Waals surface area (Å²) in [5.41, 5.74) is 1.60. The highest BCUT2D eigenvalue weighted by molar-refractivity contribution is 6.30. The van der Waals surface area contributed by atoms with Crippen LogP contribution in [-0.2, 0) is 0 Å². The number of hydrogen-bond donors (Lipinski definition) is 1. The molecule has 1 heterocycles. The Balaban J connectivity index is 2.66. The summed E-state index contributed by atoms with van der Waals surface area (Å²) in [4.78, 5) is 17.8. The highest BCUT2D eigenvalue weighted by Gasteiger charge is 2.09. The van der Waals surface area contributed by atoms with Crippen molar-refractivity contribution in [3.05, 3.63) is 45.5 Å². The zero-order valence-electron chi connectivity index (χ0n) is 9.45. The Morgan fingerprint density at radius 1 is 1.35 bits per heavy atom. The van der Waals surface area contributed by atoms with E-state index in [4.69, 9.17) is 16.3 Å². The first-order valence-corrected chi connectivity index (χ1v) is 5.40. The number of ether oxygens (including phenoxy) is 1. The van der Waals surface area contributed by atoms with Gasteiger partial charge in [0.25, 0.3) is 0 Å². The van der Waals surface area contributed by atoms with Crippen molar-refractivity contribution >= 4 is 11.6 Å². The topological polar surface area (TPSA) is 55.0 Å². The molecule has 1 aromatic heterocycles. The normalized spacial score (nSPS) is 10.3. The van der Waals surface area contributed by atoms with Gasteiger partial charge in [0.1, 0.15) is 5.75 Å². The van der Waals surface area contributed by atoms with Gasteiger partial charge in [0.15, 0.2) is 0 Å². The van der Waals surface area contributed by atoms with Crippen LogP contribution in [0, 0.1) is 6.92 Å². The molecule has 2 aromatic rings. The van der Waals surface area contributed by atoms with E-state index in [2.05, 4.69) is 9.97 Å². The Labute approximate surface area is 103 Å². The Morgan fingerprint density at radius 3 is 2.76 bits per heavy atom. The molecule has 17 heavy (non-hydrogen) atoms. The molecule has 0 amide bonds. The number of halogens is 1. The fraction of sp³-hybridized carbons (Fsp3) is 0.167. The number of H-pyrrole nitrogens is 1. The lowest BCUT2D eigenvalue weighted by atomic mass is 10.1. The molecule has 0 atom stereocenters. The molecular formula is C12H11ClN2O2. The quantitative estimate of drug-likeness (QED) is 0.891. The van der Waals surface area contributed by atoms with Crippen molar-refractivity contribution in [2.75, 3.05) is 7.11 Å². The molecule has 0 aliphatic heterocycles. The predicted octanol–water partition coefficient (Wildman–Crippen LogP) is 2.41. The number of aryl methyl sites for hydroxylation is 1. The second-order valence-corrected chi connectivity index (χ2v) is 4.04. The van der Waals surface area contributed by atoms with Crippen molar-refractivity contribution in [1.82, 2.24) is 9.97 Å². The summed E-state index contributed by atoms with van der Waals surface area (Å²) < 4.78 is 5.22. The van der Waals surface area contributed by atoms with E-state index < -0.39 is 0 Å². The summed E-state index contributed by atoms with van der Waals surface area (Å²) in [6.07, 6.45) is 0. The van der Waals surface area contributed by atoms with E-state index in [1.807, 2.05) is 0 Å². The molecule has 0 aliphatic rings. The van der Waals surface area contributed by atoms with Gasteiger partial charge in [-0.05, 0) is 31.2 Å². The number of aromatic amines is 1. The zero-order chi connectivity index (χ0) is 12.4. The van der Waals surface area contributed by atoms with Gasteiger partial charge in [0.05, 0.1) is 12.8 Å². The van der Waals surface area contributed by atoms with Gasteiger partial charge in [-0.3, -0.25) is 0 Å². The lowest BCUT2D eigenvalue weighted by molar-refractivity contribution is 0.416. The van der Waals surface area contributed by atoms with Crippen LogP contribution in [0.3, 0.4) is 0 Å². The molecule has 0 aliphatic carbocycles. The van der Waals surface area contributed by atoms with Gasteiger partial charge in [0, 0.05) is 16.3 Å². The van der Waals surface area contributed by atoms with Gasteiger partial charge >= 0.3 is 5.69 Å². The third kappa shape index (κ3) is 2.47. The number of nitrogens with zero attached hydrogens (tertiary/aromatic N) is 1. The number of rotatable bonds is 2. The van der Waals surface area contributed by atoms with Crippen LogP contribution >= 0.6 is 11.6 Å². The van der Waals surface area contributed by atoms with E-state index >= 15 is 0 Å². The minimum atomic E-state index is -0.387. The first-order chi connectivity index (χ1) is 8.10. The van der Waals surface area contributed by atoms with Crippen LogP contribution in [0.2, 0.25) is 5.02 Å². The van der Waals surface area contributed by atoms with Crippen LogP contribution in [0.25, 0.3) is 11.3 Å². The second-order valence-electron chi connectivity index (χ2n) is 3.60. The van der Waals surface area contributed by atoms with Crippen LogP contribution in [0.1, 0.15) is 5.69 Å². The maximum absolute atomic E-state index is 11.3. The zero-order valence-corrected chi connectivity index (χ0v) is 10.2. The van der Waals surface area contributed by atoms with E-state index in [1.165, 1.54) is 0 Å².